The molecule has 0 saturated heterocycles. The number of carbonyl (C=O) groups is 2. The highest BCUT2D eigenvalue weighted by atomic mass is 16.5. The van der Waals surface area contributed by atoms with E-state index >= 15 is 0 Å². The van der Waals surface area contributed by atoms with Gasteiger partial charge in [-0.2, -0.15) is 5.10 Å². The quantitative estimate of drug-likeness (QED) is 0.611. The molecule has 0 unspecified atom stereocenters. The summed E-state index contributed by atoms with van der Waals surface area (Å²) in [5, 5.41) is 7.85. The van der Waals surface area contributed by atoms with Crippen LogP contribution < -0.4 is 10.9 Å². The van der Waals surface area contributed by atoms with Crippen LogP contribution in [-0.2, 0) is 16.1 Å². The van der Waals surface area contributed by atoms with Gasteiger partial charge in [0.15, 0.2) is 11.8 Å². The Morgan fingerprint density at radius 2 is 1.74 bits per heavy atom. The second-order valence-corrected chi connectivity index (χ2v) is 8.13. The number of fused-ring (bicyclic) bond motifs is 1. The highest BCUT2D eigenvalue weighted by Crippen LogP contribution is 2.18. The van der Waals surface area contributed by atoms with Gasteiger partial charge in [-0.15, -0.1) is 0 Å². The summed E-state index contributed by atoms with van der Waals surface area (Å²) in [7, 11) is 0. The summed E-state index contributed by atoms with van der Waals surface area (Å²) in [6.07, 6.45) is -1.04. The Bertz CT molecular complexity index is 1200. The first-order valence-corrected chi connectivity index (χ1v) is 10.3. The molecule has 1 amide bonds. The minimum absolute atomic E-state index is 0.0160. The number of amides is 1. The molecular weight excluding hydrogens is 394 g/mol. The van der Waals surface area contributed by atoms with Crippen LogP contribution in [0, 0.1) is 19.8 Å². The van der Waals surface area contributed by atoms with Crippen LogP contribution in [0.5, 0.6) is 0 Å². The molecule has 0 aliphatic carbocycles. The van der Waals surface area contributed by atoms with E-state index in [1.54, 1.807) is 24.3 Å². The van der Waals surface area contributed by atoms with Gasteiger partial charge < -0.3 is 10.1 Å². The molecule has 0 spiro atoms. The van der Waals surface area contributed by atoms with Gasteiger partial charge in [0, 0.05) is 17.6 Å². The lowest BCUT2D eigenvalue weighted by Crippen LogP contribution is -2.32. The number of aromatic nitrogens is 2. The fraction of sp³-hybridized carbons (Fsp3) is 0.333. The Labute approximate surface area is 181 Å². The Kier molecular flexibility index (Phi) is 6.53. The molecule has 0 fully saturated rings. The first-order chi connectivity index (χ1) is 14.7. The number of ether oxygens (including phenoxy) is 1. The third-order valence-corrected chi connectivity index (χ3v) is 4.90. The Hall–Kier alpha value is -3.48. The summed E-state index contributed by atoms with van der Waals surface area (Å²) >= 11 is 0. The third-order valence-electron chi connectivity index (χ3n) is 4.90. The predicted molar refractivity (Wildman–Crippen MR) is 120 cm³/mol. The standard InChI is InChI=1S/C24H27N3O4/c1-14(2)13-27-23(29)19-9-7-6-8-18(19)21(26-27)24(30)31-17(5)22(28)25-20-12-15(3)10-11-16(20)4/h6-12,14,17H,13H2,1-5H3,(H,25,28)/t17-/m0/s1. The first kappa shape index (κ1) is 22.2. The van der Waals surface area contributed by atoms with Crippen molar-refractivity contribution in [2.45, 2.75) is 47.3 Å². The van der Waals surface area contributed by atoms with Gasteiger partial charge in [0.2, 0.25) is 0 Å². The minimum Gasteiger partial charge on any atom is -0.448 e. The second-order valence-electron chi connectivity index (χ2n) is 8.13. The van der Waals surface area contributed by atoms with Crippen molar-refractivity contribution in [3.05, 3.63) is 69.6 Å². The van der Waals surface area contributed by atoms with E-state index in [9.17, 15) is 14.4 Å². The number of hydrogen-bond donors (Lipinski definition) is 1. The van der Waals surface area contributed by atoms with Gasteiger partial charge >= 0.3 is 5.97 Å². The summed E-state index contributed by atoms with van der Waals surface area (Å²) < 4.78 is 6.70. The van der Waals surface area contributed by atoms with Crippen molar-refractivity contribution >= 4 is 28.3 Å². The lowest BCUT2D eigenvalue weighted by atomic mass is 10.1. The van der Waals surface area contributed by atoms with Crippen LogP contribution in [0.2, 0.25) is 0 Å². The number of nitrogens with zero attached hydrogens (tertiary/aromatic N) is 2. The number of nitrogens with one attached hydrogen (secondary N) is 1. The second kappa shape index (κ2) is 9.12. The van der Waals surface area contributed by atoms with E-state index in [0.29, 0.717) is 23.0 Å². The van der Waals surface area contributed by atoms with E-state index in [0.717, 1.165) is 11.1 Å². The molecule has 2 aromatic carbocycles. The maximum atomic E-state index is 12.9. The summed E-state index contributed by atoms with van der Waals surface area (Å²) in [6, 6.07) is 12.5. The smallest absolute Gasteiger partial charge is 0.360 e. The zero-order valence-corrected chi connectivity index (χ0v) is 18.4. The van der Waals surface area contributed by atoms with Crippen LogP contribution in [0.3, 0.4) is 0 Å². The van der Waals surface area contributed by atoms with Gasteiger partial charge in [-0.05, 0) is 49.9 Å². The van der Waals surface area contributed by atoms with E-state index in [1.165, 1.54) is 11.6 Å². The fourth-order valence-electron chi connectivity index (χ4n) is 3.23. The SMILES string of the molecule is Cc1ccc(C)c(NC(=O)[C@H](C)OC(=O)c2nn(CC(C)C)c(=O)c3ccccc23)c1. The van der Waals surface area contributed by atoms with E-state index in [2.05, 4.69) is 10.4 Å². The van der Waals surface area contributed by atoms with Crippen molar-refractivity contribution in [3.8, 4) is 0 Å². The molecule has 3 aromatic rings. The topological polar surface area (TPSA) is 90.3 Å². The molecule has 1 aromatic heterocycles. The van der Waals surface area contributed by atoms with Crippen LogP contribution >= 0.6 is 0 Å². The molecule has 0 aliphatic rings. The number of esters is 1. The minimum atomic E-state index is -1.04. The number of aryl methyl sites for hydroxylation is 2. The molecule has 7 heteroatoms. The van der Waals surface area contributed by atoms with Crippen molar-refractivity contribution in [3.63, 3.8) is 0 Å². The van der Waals surface area contributed by atoms with Crippen molar-refractivity contribution < 1.29 is 14.3 Å². The highest BCUT2D eigenvalue weighted by molar-refractivity contribution is 6.03. The van der Waals surface area contributed by atoms with Crippen molar-refractivity contribution in [1.82, 2.24) is 9.78 Å². The van der Waals surface area contributed by atoms with Crippen LogP contribution in [0.4, 0.5) is 5.69 Å². The molecule has 1 N–H and O–H groups in total. The lowest BCUT2D eigenvalue weighted by molar-refractivity contribution is -0.123. The van der Waals surface area contributed by atoms with Gasteiger partial charge in [-0.25, -0.2) is 9.48 Å². The molecular formula is C24H27N3O4. The maximum absolute atomic E-state index is 12.9. The molecule has 3 rings (SSSR count). The van der Waals surface area contributed by atoms with E-state index in [-0.39, 0.29) is 17.2 Å². The predicted octanol–water partition coefficient (Wildman–Crippen LogP) is 3.85. The fourth-order valence-corrected chi connectivity index (χ4v) is 3.23. The summed E-state index contributed by atoms with van der Waals surface area (Å²) in [4.78, 5) is 38.2. The number of rotatable bonds is 6. The number of carbonyl (C=O) groups excluding carboxylic acids is 2. The number of anilines is 1. The zero-order valence-electron chi connectivity index (χ0n) is 18.4. The molecule has 0 saturated carbocycles. The molecule has 0 radical (unpaired) electrons. The lowest BCUT2D eigenvalue weighted by Gasteiger charge is -2.16. The number of hydrogen-bond acceptors (Lipinski definition) is 5. The van der Waals surface area contributed by atoms with Crippen LogP contribution in [0.1, 0.15) is 42.4 Å². The van der Waals surface area contributed by atoms with Crippen molar-refractivity contribution in [2.24, 2.45) is 5.92 Å². The molecule has 162 valence electrons. The Morgan fingerprint density at radius 1 is 1.06 bits per heavy atom. The number of benzene rings is 2. The average molecular weight is 421 g/mol. The Balaban J connectivity index is 1.87. The molecule has 1 heterocycles. The van der Waals surface area contributed by atoms with Gasteiger partial charge in [-0.1, -0.05) is 44.2 Å². The van der Waals surface area contributed by atoms with E-state index < -0.39 is 18.0 Å². The molecule has 1 atom stereocenters. The van der Waals surface area contributed by atoms with E-state index in [1.807, 2.05) is 45.9 Å². The summed E-state index contributed by atoms with van der Waals surface area (Å²) in [5.74, 6) is -1.03. The molecule has 31 heavy (non-hydrogen) atoms. The normalized spacial score (nSPS) is 12.1. The van der Waals surface area contributed by atoms with Gasteiger partial charge in [0.05, 0.1) is 5.39 Å². The van der Waals surface area contributed by atoms with Gasteiger partial charge in [-0.3, -0.25) is 9.59 Å². The molecule has 7 nitrogen and oxygen atoms in total. The molecule has 0 bridgehead atoms. The summed E-state index contributed by atoms with van der Waals surface area (Å²) in [6.45, 7) is 9.61. The van der Waals surface area contributed by atoms with Crippen molar-refractivity contribution in [1.29, 1.82) is 0 Å². The maximum Gasteiger partial charge on any atom is 0.360 e. The van der Waals surface area contributed by atoms with Crippen LogP contribution in [0.15, 0.2) is 47.3 Å². The monoisotopic (exact) mass is 421 g/mol. The first-order valence-electron chi connectivity index (χ1n) is 10.3. The zero-order chi connectivity index (χ0) is 22.7. The van der Waals surface area contributed by atoms with Crippen LogP contribution in [0.25, 0.3) is 10.8 Å². The van der Waals surface area contributed by atoms with Crippen LogP contribution in [-0.4, -0.2) is 27.8 Å². The average Bonchev–Trinajstić information content (AvgIpc) is 2.72. The largest absolute Gasteiger partial charge is 0.448 e. The Morgan fingerprint density at radius 3 is 2.42 bits per heavy atom. The highest BCUT2D eigenvalue weighted by Gasteiger charge is 2.24. The third kappa shape index (κ3) is 4.99. The van der Waals surface area contributed by atoms with E-state index in [4.69, 9.17) is 4.74 Å². The van der Waals surface area contributed by atoms with Crippen molar-refractivity contribution in [2.75, 3.05) is 5.32 Å². The molecule has 0 aliphatic heterocycles. The van der Waals surface area contributed by atoms with Gasteiger partial charge in [0.1, 0.15) is 0 Å². The van der Waals surface area contributed by atoms with Gasteiger partial charge in [0.25, 0.3) is 11.5 Å². The summed E-state index contributed by atoms with van der Waals surface area (Å²) in [5.41, 5.74) is 2.34.